The van der Waals surface area contributed by atoms with Crippen LogP contribution in [0.1, 0.15) is 31.1 Å². The van der Waals surface area contributed by atoms with Gasteiger partial charge in [-0.1, -0.05) is 18.9 Å². The fourth-order valence-electron chi connectivity index (χ4n) is 0.994. The molecule has 2 heteroatoms. The van der Waals surface area contributed by atoms with E-state index in [2.05, 4.69) is 15.9 Å². The molecular formula is C10H12N2. The van der Waals surface area contributed by atoms with E-state index in [0.29, 0.717) is 0 Å². The summed E-state index contributed by atoms with van der Waals surface area (Å²) >= 11 is 0. The van der Waals surface area contributed by atoms with Gasteiger partial charge in [0.1, 0.15) is 11.5 Å². The molecule has 1 N–H and O–H groups in total. The molecule has 1 aromatic heterocycles. The molecule has 0 saturated carbocycles. The van der Waals surface area contributed by atoms with Crippen molar-refractivity contribution in [1.29, 1.82) is 0 Å². The summed E-state index contributed by atoms with van der Waals surface area (Å²) in [5, 5.41) is 0. The molecule has 62 valence electrons. The van der Waals surface area contributed by atoms with Crippen molar-refractivity contribution in [1.82, 2.24) is 9.97 Å². The van der Waals surface area contributed by atoms with Gasteiger partial charge in [-0.15, -0.1) is 6.42 Å². The second kappa shape index (κ2) is 3.77. The average molecular weight is 160 g/mol. The number of nitrogens with one attached hydrogen (secondary N) is 1. The van der Waals surface area contributed by atoms with Crippen molar-refractivity contribution in [2.24, 2.45) is 0 Å². The van der Waals surface area contributed by atoms with Crippen LogP contribution in [0.3, 0.4) is 0 Å². The van der Waals surface area contributed by atoms with Crippen LogP contribution in [0.4, 0.5) is 0 Å². The summed E-state index contributed by atoms with van der Waals surface area (Å²) in [6.07, 6.45) is 10.0. The summed E-state index contributed by atoms with van der Waals surface area (Å²) in [7, 11) is 0. The Morgan fingerprint density at radius 2 is 2.42 bits per heavy atom. The predicted octanol–water partition coefficient (Wildman–Crippen LogP) is 1.99. The molecule has 0 aromatic carbocycles. The van der Waals surface area contributed by atoms with E-state index in [1.165, 1.54) is 0 Å². The molecular weight excluding hydrogens is 148 g/mol. The zero-order valence-electron chi connectivity index (χ0n) is 7.39. The van der Waals surface area contributed by atoms with Gasteiger partial charge in [-0.05, 0) is 13.0 Å². The average Bonchev–Trinajstić information content (AvgIpc) is 2.48. The highest BCUT2D eigenvalue weighted by Gasteiger charge is 2.02. The van der Waals surface area contributed by atoms with Crippen LogP contribution in [0.2, 0.25) is 0 Å². The van der Waals surface area contributed by atoms with Crippen molar-refractivity contribution in [3.8, 4) is 12.3 Å². The second-order valence-corrected chi connectivity index (χ2v) is 2.44. The highest BCUT2D eigenvalue weighted by atomic mass is 14.9. The van der Waals surface area contributed by atoms with E-state index in [4.69, 9.17) is 6.42 Å². The quantitative estimate of drug-likeness (QED) is 0.658. The Bertz CT molecular complexity index is 326. The zero-order valence-corrected chi connectivity index (χ0v) is 7.39. The van der Waals surface area contributed by atoms with Crippen LogP contribution in [-0.2, 0) is 6.42 Å². The molecule has 1 heterocycles. The van der Waals surface area contributed by atoms with E-state index in [-0.39, 0.29) is 0 Å². The number of hydrogen-bond acceptors (Lipinski definition) is 1. The Balaban J connectivity index is 3.10. The van der Waals surface area contributed by atoms with Crippen molar-refractivity contribution in [2.45, 2.75) is 20.3 Å². The highest BCUT2D eigenvalue weighted by Crippen LogP contribution is 2.07. The smallest absolute Gasteiger partial charge is 0.116 e. The number of rotatable bonds is 2. The molecule has 0 bridgehead atoms. The topological polar surface area (TPSA) is 28.7 Å². The normalized spacial score (nSPS) is 10.4. The summed E-state index contributed by atoms with van der Waals surface area (Å²) in [5.74, 6) is 3.51. The maximum atomic E-state index is 5.29. The van der Waals surface area contributed by atoms with Gasteiger partial charge in [0.2, 0.25) is 0 Å². The van der Waals surface area contributed by atoms with Crippen LogP contribution in [0, 0.1) is 12.3 Å². The minimum atomic E-state index is 0.768. The van der Waals surface area contributed by atoms with E-state index >= 15 is 0 Å². The number of imidazole rings is 1. The van der Waals surface area contributed by atoms with Crippen LogP contribution in [0.25, 0.3) is 6.08 Å². The van der Waals surface area contributed by atoms with E-state index in [0.717, 1.165) is 23.6 Å². The Morgan fingerprint density at radius 3 is 2.92 bits per heavy atom. The van der Waals surface area contributed by atoms with Gasteiger partial charge in [0, 0.05) is 6.42 Å². The lowest BCUT2D eigenvalue weighted by molar-refractivity contribution is 0.986. The van der Waals surface area contributed by atoms with Crippen molar-refractivity contribution in [2.75, 3.05) is 0 Å². The summed E-state index contributed by atoms with van der Waals surface area (Å²) in [6, 6.07) is 0. The zero-order chi connectivity index (χ0) is 8.97. The van der Waals surface area contributed by atoms with Gasteiger partial charge in [-0.3, -0.25) is 0 Å². The first kappa shape index (κ1) is 8.61. The van der Waals surface area contributed by atoms with Crippen molar-refractivity contribution < 1.29 is 0 Å². The van der Waals surface area contributed by atoms with Crippen LogP contribution in [0.5, 0.6) is 0 Å². The van der Waals surface area contributed by atoms with Gasteiger partial charge in [0.05, 0.1) is 5.69 Å². The number of hydrogen-bond donors (Lipinski definition) is 1. The molecule has 0 aliphatic heterocycles. The predicted molar refractivity (Wildman–Crippen MR) is 50.6 cm³/mol. The minimum absolute atomic E-state index is 0.768. The van der Waals surface area contributed by atoms with Gasteiger partial charge < -0.3 is 4.98 Å². The van der Waals surface area contributed by atoms with Crippen LogP contribution in [-0.4, -0.2) is 9.97 Å². The maximum absolute atomic E-state index is 5.29. The molecule has 1 aromatic rings. The largest absolute Gasteiger partial charge is 0.335 e. The van der Waals surface area contributed by atoms with Crippen LogP contribution >= 0.6 is 0 Å². The lowest BCUT2D eigenvalue weighted by Crippen LogP contribution is -1.81. The number of nitrogens with zero attached hydrogens (tertiary/aromatic N) is 1. The molecule has 0 saturated heterocycles. The number of aryl methyl sites for hydroxylation is 1. The van der Waals surface area contributed by atoms with Crippen LogP contribution < -0.4 is 0 Å². The molecule has 0 atom stereocenters. The van der Waals surface area contributed by atoms with Gasteiger partial charge in [0.15, 0.2) is 0 Å². The molecule has 0 unspecified atom stereocenters. The minimum Gasteiger partial charge on any atom is -0.335 e. The maximum Gasteiger partial charge on any atom is 0.116 e. The van der Waals surface area contributed by atoms with Gasteiger partial charge in [0.25, 0.3) is 0 Å². The van der Waals surface area contributed by atoms with Gasteiger partial charge in [-0.2, -0.15) is 0 Å². The lowest BCUT2D eigenvalue weighted by atomic mass is 10.3. The van der Waals surface area contributed by atoms with E-state index in [9.17, 15) is 0 Å². The third kappa shape index (κ3) is 1.57. The number of aromatic nitrogens is 2. The fourth-order valence-corrected chi connectivity index (χ4v) is 0.994. The Kier molecular flexibility index (Phi) is 2.71. The standard InChI is InChI=1S/C10H12N2/c1-4-7-9-8(5-2)11-10(6-3)12-9/h2,4,7H,6H2,1,3H3,(H,11,12)/b7-4-. The summed E-state index contributed by atoms with van der Waals surface area (Å²) < 4.78 is 0. The van der Waals surface area contributed by atoms with Crippen molar-refractivity contribution >= 4 is 6.08 Å². The van der Waals surface area contributed by atoms with Gasteiger partial charge in [-0.25, -0.2) is 4.98 Å². The monoisotopic (exact) mass is 160 g/mol. The van der Waals surface area contributed by atoms with Crippen LogP contribution in [0.15, 0.2) is 6.08 Å². The molecule has 0 aliphatic carbocycles. The second-order valence-electron chi connectivity index (χ2n) is 2.44. The fraction of sp³-hybridized carbons (Fsp3) is 0.300. The molecule has 0 radical (unpaired) electrons. The molecule has 2 nitrogen and oxygen atoms in total. The van der Waals surface area contributed by atoms with E-state index in [1.807, 2.05) is 26.0 Å². The summed E-state index contributed by atoms with van der Waals surface area (Å²) in [6.45, 7) is 3.99. The SMILES string of the molecule is C#Cc1[nH]c(CC)nc1/C=C\C. The molecule has 0 amide bonds. The molecule has 0 spiro atoms. The first-order chi connectivity index (χ1) is 5.81. The lowest BCUT2D eigenvalue weighted by Gasteiger charge is -1.83. The summed E-state index contributed by atoms with van der Waals surface area (Å²) in [4.78, 5) is 7.37. The Hall–Kier alpha value is -1.49. The Labute approximate surface area is 72.7 Å². The van der Waals surface area contributed by atoms with E-state index in [1.54, 1.807) is 0 Å². The molecule has 12 heavy (non-hydrogen) atoms. The first-order valence-electron chi connectivity index (χ1n) is 4.00. The van der Waals surface area contributed by atoms with Crippen molar-refractivity contribution in [3.63, 3.8) is 0 Å². The number of terminal acetylenes is 1. The molecule has 0 aliphatic rings. The highest BCUT2D eigenvalue weighted by molar-refractivity contribution is 5.52. The summed E-state index contributed by atoms with van der Waals surface area (Å²) in [5.41, 5.74) is 1.63. The number of aromatic amines is 1. The number of H-pyrrole nitrogens is 1. The van der Waals surface area contributed by atoms with E-state index < -0.39 is 0 Å². The number of allylic oxidation sites excluding steroid dienone is 1. The van der Waals surface area contributed by atoms with Gasteiger partial charge >= 0.3 is 0 Å². The molecule has 1 rings (SSSR count). The molecule has 0 fully saturated rings. The Morgan fingerprint density at radius 1 is 1.67 bits per heavy atom. The third-order valence-corrected chi connectivity index (χ3v) is 1.58. The third-order valence-electron chi connectivity index (χ3n) is 1.58. The first-order valence-corrected chi connectivity index (χ1v) is 4.00. The van der Waals surface area contributed by atoms with Crippen molar-refractivity contribution in [3.05, 3.63) is 23.3 Å².